The number of fused-ring (bicyclic) bond motifs is 1. The predicted octanol–water partition coefficient (Wildman–Crippen LogP) is 4.43. The van der Waals surface area contributed by atoms with Crippen molar-refractivity contribution < 1.29 is 27.5 Å². The van der Waals surface area contributed by atoms with E-state index in [0.717, 1.165) is 23.8 Å². The van der Waals surface area contributed by atoms with E-state index in [0.29, 0.717) is 36.3 Å². The average Bonchev–Trinajstić information content (AvgIpc) is 3.41. The molecule has 0 unspecified atom stereocenters. The molecule has 1 N–H and O–H groups in total. The van der Waals surface area contributed by atoms with Gasteiger partial charge >= 0.3 is 0 Å². The summed E-state index contributed by atoms with van der Waals surface area (Å²) in [5.41, 5.74) is 2.26. The highest BCUT2D eigenvalue weighted by atomic mass is 35.5. The Hall–Kier alpha value is -3.53. The zero-order valence-electron chi connectivity index (χ0n) is 20.2. The summed E-state index contributed by atoms with van der Waals surface area (Å²) in [4.78, 5) is 26.5. The number of benzene rings is 2. The van der Waals surface area contributed by atoms with Crippen LogP contribution in [0.5, 0.6) is 5.75 Å². The van der Waals surface area contributed by atoms with Gasteiger partial charge in [0.1, 0.15) is 23.2 Å². The smallest absolute Gasteiger partial charge is 0.256 e. The molecule has 0 saturated carbocycles. The Balaban J connectivity index is 1.41. The van der Waals surface area contributed by atoms with Crippen molar-refractivity contribution in [2.24, 2.45) is 13.0 Å². The minimum Gasteiger partial charge on any atom is -0.492 e. The molecular weight excluding hydrogens is 509 g/mol. The lowest BCUT2D eigenvalue weighted by atomic mass is 9.95. The number of aryl methyl sites for hydroxylation is 1. The van der Waals surface area contributed by atoms with Gasteiger partial charge in [-0.1, -0.05) is 11.6 Å². The van der Waals surface area contributed by atoms with E-state index in [1.54, 1.807) is 18.7 Å². The van der Waals surface area contributed by atoms with Gasteiger partial charge in [-0.25, -0.2) is 13.2 Å². The number of carbonyl (C=O) groups is 2. The summed E-state index contributed by atoms with van der Waals surface area (Å²) in [5, 5.41) is 7.24. The number of rotatable bonds is 5. The monoisotopic (exact) mass is 532 g/mol. The maximum absolute atomic E-state index is 14.5. The molecule has 3 heterocycles. The summed E-state index contributed by atoms with van der Waals surface area (Å²) in [6.07, 6.45) is 0.687. The van der Waals surface area contributed by atoms with Crippen molar-refractivity contribution in [3.63, 3.8) is 0 Å². The molecule has 0 spiro atoms. The number of nitrogens with one attached hydrogen (secondary N) is 1. The van der Waals surface area contributed by atoms with Crippen LogP contribution in [0.15, 0.2) is 30.3 Å². The second kappa shape index (κ2) is 9.74. The van der Waals surface area contributed by atoms with Crippen LogP contribution in [0, 0.1) is 23.4 Å². The lowest BCUT2D eigenvalue weighted by Gasteiger charge is -2.33. The lowest BCUT2D eigenvalue weighted by molar-refractivity contribution is -0.119. The standard InChI is InChI=1S/C26H24ClF3N4O3/c1-13-24-19(25(33(2)32-24)15-6-16(28)8-17(29)7-15)3-4-34(13)26(36)20-9-18(30)10-21(23(20)27)37-12-14-5-22(35)31-11-14/h6-10,13-14H,3-5,11-12H2,1-2H3,(H,31,35)/t13-,14-/m1/s1. The van der Waals surface area contributed by atoms with Gasteiger partial charge in [-0.2, -0.15) is 5.10 Å². The quantitative estimate of drug-likeness (QED) is 0.527. The van der Waals surface area contributed by atoms with E-state index >= 15 is 0 Å². The van der Waals surface area contributed by atoms with Crippen LogP contribution in [0.3, 0.4) is 0 Å². The number of hydrogen-bond acceptors (Lipinski definition) is 4. The molecule has 2 aliphatic rings. The van der Waals surface area contributed by atoms with E-state index in [2.05, 4.69) is 10.4 Å². The van der Waals surface area contributed by atoms with Gasteiger partial charge in [0, 0.05) is 55.7 Å². The van der Waals surface area contributed by atoms with Gasteiger partial charge in [0.2, 0.25) is 5.91 Å². The topological polar surface area (TPSA) is 76.5 Å². The van der Waals surface area contributed by atoms with Crippen molar-refractivity contribution in [3.05, 3.63) is 69.6 Å². The van der Waals surface area contributed by atoms with Gasteiger partial charge in [-0.05, 0) is 31.5 Å². The Bertz CT molecular complexity index is 1390. The van der Waals surface area contributed by atoms with Crippen LogP contribution in [0.25, 0.3) is 11.3 Å². The van der Waals surface area contributed by atoms with Crippen LogP contribution in [0.2, 0.25) is 5.02 Å². The molecule has 194 valence electrons. The summed E-state index contributed by atoms with van der Waals surface area (Å²) >= 11 is 6.48. The maximum Gasteiger partial charge on any atom is 0.256 e. The normalized spacial score (nSPS) is 19.1. The molecule has 1 saturated heterocycles. The Kier molecular flexibility index (Phi) is 6.61. The minimum absolute atomic E-state index is 0.0152. The third-order valence-electron chi connectivity index (χ3n) is 6.81. The van der Waals surface area contributed by atoms with Gasteiger partial charge in [0.25, 0.3) is 5.91 Å². The third kappa shape index (κ3) is 4.77. The van der Waals surface area contributed by atoms with E-state index in [1.165, 1.54) is 17.0 Å². The van der Waals surface area contributed by atoms with Crippen molar-refractivity contribution >= 4 is 23.4 Å². The highest BCUT2D eigenvalue weighted by Crippen LogP contribution is 2.38. The molecular formula is C26H24ClF3N4O3. The van der Waals surface area contributed by atoms with Gasteiger partial charge in [0.05, 0.1) is 34.6 Å². The zero-order chi connectivity index (χ0) is 26.4. The number of nitrogens with zero attached hydrogens (tertiary/aromatic N) is 3. The fourth-order valence-corrected chi connectivity index (χ4v) is 5.29. The molecule has 11 heteroatoms. The van der Waals surface area contributed by atoms with Crippen molar-refractivity contribution in [2.75, 3.05) is 19.7 Å². The van der Waals surface area contributed by atoms with Crippen LogP contribution in [-0.2, 0) is 18.3 Å². The van der Waals surface area contributed by atoms with Crippen LogP contribution in [-0.4, -0.2) is 46.2 Å². The number of amides is 2. The molecule has 7 nitrogen and oxygen atoms in total. The first-order valence-electron chi connectivity index (χ1n) is 11.8. The largest absolute Gasteiger partial charge is 0.492 e. The average molecular weight is 533 g/mol. The van der Waals surface area contributed by atoms with Crippen molar-refractivity contribution in [3.8, 4) is 17.0 Å². The van der Waals surface area contributed by atoms with Crippen molar-refractivity contribution in [2.45, 2.75) is 25.8 Å². The van der Waals surface area contributed by atoms with Gasteiger partial charge < -0.3 is 15.0 Å². The number of halogens is 4. The predicted molar refractivity (Wildman–Crippen MR) is 130 cm³/mol. The van der Waals surface area contributed by atoms with E-state index in [-0.39, 0.29) is 41.3 Å². The molecule has 0 radical (unpaired) electrons. The molecule has 1 fully saturated rings. The zero-order valence-corrected chi connectivity index (χ0v) is 20.9. The Morgan fingerprint density at radius 1 is 1.16 bits per heavy atom. The Morgan fingerprint density at radius 2 is 1.86 bits per heavy atom. The van der Waals surface area contributed by atoms with Crippen molar-refractivity contribution in [1.82, 2.24) is 20.0 Å². The number of hydrogen-bond donors (Lipinski definition) is 1. The van der Waals surface area contributed by atoms with E-state index in [9.17, 15) is 22.8 Å². The number of carbonyl (C=O) groups excluding carboxylic acids is 2. The third-order valence-corrected chi connectivity index (χ3v) is 7.20. The first-order valence-corrected chi connectivity index (χ1v) is 12.2. The molecule has 5 rings (SSSR count). The Morgan fingerprint density at radius 3 is 2.54 bits per heavy atom. The lowest BCUT2D eigenvalue weighted by Crippen LogP contribution is -2.39. The maximum atomic E-state index is 14.5. The molecule has 37 heavy (non-hydrogen) atoms. The summed E-state index contributed by atoms with van der Waals surface area (Å²) in [5.74, 6) is -2.68. The molecule has 2 atom stereocenters. The van der Waals surface area contributed by atoms with Crippen LogP contribution < -0.4 is 10.1 Å². The number of ether oxygens (including phenoxy) is 1. The van der Waals surface area contributed by atoms with Gasteiger partial charge in [0.15, 0.2) is 0 Å². The molecule has 2 aliphatic heterocycles. The van der Waals surface area contributed by atoms with Crippen LogP contribution >= 0.6 is 11.6 Å². The van der Waals surface area contributed by atoms with Gasteiger partial charge in [-0.3, -0.25) is 14.3 Å². The molecule has 3 aromatic rings. The van der Waals surface area contributed by atoms with Crippen LogP contribution in [0.4, 0.5) is 13.2 Å². The molecule has 2 amide bonds. The summed E-state index contributed by atoms with van der Waals surface area (Å²) in [7, 11) is 1.68. The second-order valence-corrected chi connectivity index (χ2v) is 9.75. The SMILES string of the molecule is C[C@@H]1c2nn(C)c(-c3cc(F)cc(F)c3)c2CCN1C(=O)c1cc(F)cc(OC[C@H]2CNC(=O)C2)c1Cl. The van der Waals surface area contributed by atoms with E-state index in [1.807, 2.05) is 0 Å². The van der Waals surface area contributed by atoms with E-state index < -0.39 is 29.4 Å². The Labute approximate surface area is 216 Å². The fraction of sp³-hybridized carbons (Fsp3) is 0.346. The minimum atomic E-state index is -0.694. The molecule has 0 bridgehead atoms. The summed E-state index contributed by atoms with van der Waals surface area (Å²) in [6, 6.07) is 4.97. The van der Waals surface area contributed by atoms with Crippen molar-refractivity contribution in [1.29, 1.82) is 0 Å². The van der Waals surface area contributed by atoms with Crippen LogP contribution in [0.1, 0.15) is 41.0 Å². The highest BCUT2D eigenvalue weighted by molar-refractivity contribution is 6.35. The summed E-state index contributed by atoms with van der Waals surface area (Å²) in [6.45, 7) is 2.66. The van der Waals surface area contributed by atoms with E-state index in [4.69, 9.17) is 16.3 Å². The number of aromatic nitrogens is 2. The highest BCUT2D eigenvalue weighted by Gasteiger charge is 2.35. The molecule has 1 aromatic heterocycles. The fourth-order valence-electron chi connectivity index (χ4n) is 5.04. The molecule has 2 aromatic carbocycles. The first-order chi connectivity index (χ1) is 17.6. The molecule has 0 aliphatic carbocycles. The first kappa shape index (κ1) is 25.1. The van der Waals surface area contributed by atoms with Gasteiger partial charge in [-0.15, -0.1) is 0 Å². The summed E-state index contributed by atoms with van der Waals surface area (Å²) < 4.78 is 49.5. The second-order valence-electron chi connectivity index (χ2n) is 9.37.